The molecule has 0 amide bonds. The first-order chi connectivity index (χ1) is 7.43. The molecule has 0 saturated heterocycles. The van der Waals surface area contributed by atoms with Gasteiger partial charge in [-0.25, -0.2) is 0 Å². The average molecular weight is 226 g/mol. The maximum absolute atomic E-state index is 5.54. The van der Waals surface area contributed by atoms with Crippen molar-refractivity contribution in [2.45, 2.75) is 39.0 Å². The van der Waals surface area contributed by atoms with Crippen LogP contribution in [-0.4, -0.2) is 6.61 Å². The van der Waals surface area contributed by atoms with Crippen LogP contribution in [0.25, 0.3) is 0 Å². The van der Waals surface area contributed by atoms with Gasteiger partial charge in [-0.2, -0.15) is 0 Å². The van der Waals surface area contributed by atoms with Crippen molar-refractivity contribution in [3.8, 4) is 5.75 Å². The number of rotatable bonds is 7. The standard InChI is InChI=1S/C11H18OS.C2H4/c1-2-3-4-5-6-8-12-11-7-9-13-10-11;1-2/h7,9-10H,2-6,8H2,1H3;1-2H2. The number of hydrogen-bond acceptors (Lipinski definition) is 2. The SMILES string of the molecule is C=C.CCCCCCCOc1ccsc1. The Balaban J connectivity index is 0.000000921. The Morgan fingerprint density at radius 1 is 1.20 bits per heavy atom. The monoisotopic (exact) mass is 226 g/mol. The molecule has 0 aromatic carbocycles. The van der Waals surface area contributed by atoms with Crippen LogP contribution in [0.5, 0.6) is 5.75 Å². The van der Waals surface area contributed by atoms with Crippen LogP contribution in [0.3, 0.4) is 0 Å². The van der Waals surface area contributed by atoms with Crippen LogP contribution in [0.2, 0.25) is 0 Å². The zero-order valence-corrected chi connectivity index (χ0v) is 10.5. The topological polar surface area (TPSA) is 9.23 Å². The van der Waals surface area contributed by atoms with Crippen molar-refractivity contribution in [2.75, 3.05) is 6.61 Å². The zero-order chi connectivity index (χ0) is 11.4. The van der Waals surface area contributed by atoms with E-state index >= 15 is 0 Å². The molecule has 1 nitrogen and oxygen atoms in total. The van der Waals surface area contributed by atoms with Crippen LogP contribution in [-0.2, 0) is 0 Å². The van der Waals surface area contributed by atoms with Gasteiger partial charge in [0.2, 0.25) is 0 Å². The van der Waals surface area contributed by atoms with E-state index in [9.17, 15) is 0 Å². The lowest BCUT2D eigenvalue weighted by Crippen LogP contribution is -1.95. The van der Waals surface area contributed by atoms with Gasteiger partial charge in [-0.3, -0.25) is 0 Å². The lowest BCUT2D eigenvalue weighted by Gasteiger charge is -2.02. The minimum atomic E-state index is 0.875. The van der Waals surface area contributed by atoms with Gasteiger partial charge < -0.3 is 4.74 Å². The van der Waals surface area contributed by atoms with E-state index in [4.69, 9.17) is 4.74 Å². The van der Waals surface area contributed by atoms with Crippen LogP contribution in [0.1, 0.15) is 39.0 Å². The number of unbranched alkanes of at least 4 members (excludes halogenated alkanes) is 4. The molecule has 0 bridgehead atoms. The van der Waals surface area contributed by atoms with Crippen molar-refractivity contribution in [3.05, 3.63) is 30.0 Å². The fraction of sp³-hybridized carbons (Fsp3) is 0.538. The third kappa shape index (κ3) is 8.25. The van der Waals surface area contributed by atoms with E-state index in [0.717, 1.165) is 12.4 Å². The van der Waals surface area contributed by atoms with E-state index in [1.165, 1.54) is 32.1 Å². The molecule has 0 N–H and O–H groups in total. The van der Waals surface area contributed by atoms with Gasteiger partial charge >= 0.3 is 0 Å². The van der Waals surface area contributed by atoms with Gasteiger partial charge in [0.1, 0.15) is 5.75 Å². The predicted molar refractivity (Wildman–Crippen MR) is 69.8 cm³/mol. The fourth-order valence-electron chi connectivity index (χ4n) is 1.23. The Morgan fingerprint density at radius 3 is 2.53 bits per heavy atom. The summed E-state index contributed by atoms with van der Waals surface area (Å²) in [6.07, 6.45) is 6.52. The van der Waals surface area contributed by atoms with Crippen LogP contribution in [0.15, 0.2) is 30.0 Å². The van der Waals surface area contributed by atoms with Gasteiger partial charge in [0.05, 0.1) is 6.61 Å². The molecule has 0 fully saturated rings. The molecule has 0 aliphatic carbocycles. The first kappa shape index (κ1) is 14.2. The Kier molecular flexibility index (Phi) is 10.7. The molecule has 0 aliphatic heterocycles. The van der Waals surface area contributed by atoms with Gasteiger partial charge in [-0.15, -0.1) is 24.5 Å². The first-order valence-electron chi connectivity index (χ1n) is 5.58. The van der Waals surface area contributed by atoms with E-state index in [0.29, 0.717) is 0 Å². The fourth-order valence-corrected chi connectivity index (χ4v) is 1.80. The second kappa shape index (κ2) is 11.3. The molecule has 86 valence electrons. The minimum absolute atomic E-state index is 0.875. The third-order valence-electron chi connectivity index (χ3n) is 2.01. The lowest BCUT2D eigenvalue weighted by molar-refractivity contribution is 0.306. The highest BCUT2D eigenvalue weighted by molar-refractivity contribution is 7.08. The van der Waals surface area contributed by atoms with Gasteiger partial charge in [-0.1, -0.05) is 32.6 Å². The van der Waals surface area contributed by atoms with E-state index in [-0.39, 0.29) is 0 Å². The molecule has 0 spiro atoms. The van der Waals surface area contributed by atoms with Crippen molar-refractivity contribution in [2.24, 2.45) is 0 Å². The molecule has 15 heavy (non-hydrogen) atoms. The van der Waals surface area contributed by atoms with E-state index in [1.54, 1.807) is 11.3 Å². The summed E-state index contributed by atoms with van der Waals surface area (Å²) in [6.45, 7) is 9.11. The smallest absolute Gasteiger partial charge is 0.129 e. The van der Waals surface area contributed by atoms with Crippen molar-refractivity contribution in [3.63, 3.8) is 0 Å². The van der Waals surface area contributed by atoms with Crippen LogP contribution >= 0.6 is 11.3 Å². The van der Waals surface area contributed by atoms with Crippen molar-refractivity contribution >= 4 is 11.3 Å². The van der Waals surface area contributed by atoms with Gasteiger partial charge in [0.25, 0.3) is 0 Å². The highest BCUT2D eigenvalue weighted by atomic mass is 32.1. The zero-order valence-electron chi connectivity index (χ0n) is 9.71. The Bertz CT molecular complexity index is 206. The largest absolute Gasteiger partial charge is 0.493 e. The number of hydrogen-bond donors (Lipinski definition) is 0. The quantitative estimate of drug-likeness (QED) is 0.474. The summed E-state index contributed by atoms with van der Waals surface area (Å²) in [5.74, 6) is 1.03. The molecule has 0 radical (unpaired) electrons. The maximum atomic E-state index is 5.54. The molecule has 0 aliphatic rings. The van der Waals surface area contributed by atoms with Crippen LogP contribution in [0.4, 0.5) is 0 Å². The highest BCUT2D eigenvalue weighted by Crippen LogP contribution is 2.15. The average Bonchev–Trinajstić information content (AvgIpc) is 2.79. The molecular weight excluding hydrogens is 204 g/mol. The predicted octanol–water partition coefficient (Wildman–Crippen LogP) is 4.90. The van der Waals surface area contributed by atoms with Gasteiger partial charge in [-0.05, 0) is 17.9 Å². The Hall–Kier alpha value is -0.760. The second-order valence-electron chi connectivity index (χ2n) is 3.22. The molecule has 0 unspecified atom stereocenters. The van der Waals surface area contributed by atoms with E-state index < -0.39 is 0 Å². The molecule has 1 heterocycles. The van der Waals surface area contributed by atoms with Crippen LogP contribution < -0.4 is 4.74 Å². The van der Waals surface area contributed by atoms with E-state index in [2.05, 4.69) is 20.1 Å². The second-order valence-corrected chi connectivity index (χ2v) is 4.00. The summed E-state index contributed by atoms with van der Waals surface area (Å²) in [4.78, 5) is 0. The molecule has 2 heteroatoms. The van der Waals surface area contributed by atoms with E-state index in [1.807, 2.05) is 16.8 Å². The molecular formula is C13H22OS. The normalized spacial score (nSPS) is 9.13. The summed E-state index contributed by atoms with van der Waals surface area (Å²) in [5.41, 5.74) is 0. The highest BCUT2D eigenvalue weighted by Gasteiger charge is 1.92. The van der Waals surface area contributed by atoms with Crippen LogP contribution in [0, 0.1) is 0 Å². The van der Waals surface area contributed by atoms with Crippen molar-refractivity contribution in [1.82, 2.24) is 0 Å². The summed E-state index contributed by atoms with van der Waals surface area (Å²) in [5, 5.41) is 4.10. The van der Waals surface area contributed by atoms with Gasteiger partial charge in [0, 0.05) is 5.38 Å². The summed E-state index contributed by atoms with van der Waals surface area (Å²) >= 11 is 1.69. The summed E-state index contributed by atoms with van der Waals surface area (Å²) in [7, 11) is 0. The van der Waals surface area contributed by atoms with Gasteiger partial charge in [0.15, 0.2) is 0 Å². The minimum Gasteiger partial charge on any atom is -0.493 e. The Labute approximate surface area is 97.8 Å². The lowest BCUT2D eigenvalue weighted by atomic mass is 10.2. The maximum Gasteiger partial charge on any atom is 0.129 e. The molecule has 1 rings (SSSR count). The summed E-state index contributed by atoms with van der Waals surface area (Å²) < 4.78 is 5.54. The Morgan fingerprint density at radius 2 is 1.93 bits per heavy atom. The number of ether oxygens (including phenoxy) is 1. The first-order valence-corrected chi connectivity index (χ1v) is 6.52. The van der Waals surface area contributed by atoms with Crippen molar-refractivity contribution < 1.29 is 4.74 Å². The number of thiophene rings is 1. The molecule has 0 saturated carbocycles. The molecule has 1 aromatic heterocycles. The molecule has 0 atom stereocenters. The summed E-state index contributed by atoms with van der Waals surface area (Å²) in [6, 6.07) is 2.02. The van der Waals surface area contributed by atoms with Crippen molar-refractivity contribution in [1.29, 1.82) is 0 Å². The third-order valence-corrected chi connectivity index (χ3v) is 2.67. The molecule has 1 aromatic rings.